The Kier molecular flexibility index (Phi) is 8.70. The van der Waals surface area contributed by atoms with E-state index in [1.54, 1.807) is 0 Å². The summed E-state index contributed by atoms with van der Waals surface area (Å²) in [6.45, 7) is 14.5. The lowest BCUT2D eigenvalue weighted by Gasteiger charge is -2.37. The molecule has 7 nitrogen and oxygen atoms in total. The van der Waals surface area contributed by atoms with Gasteiger partial charge in [0.25, 0.3) is 0 Å². The van der Waals surface area contributed by atoms with Gasteiger partial charge in [0, 0.05) is 60.8 Å². The van der Waals surface area contributed by atoms with Crippen LogP contribution in [0.1, 0.15) is 55.0 Å². The minimum atomic E-state index is -0.131. The van der Waals surface area contributed by atoms with Crippen molar-refractivity contribution in [1.29, 1.82) is 0 Å². The average molecular weight is 655 g/mol. The van der Waals surface area contributed by atoms with Crippen molar-refractivity contribution in [2.75, 3.05) is 54.1 Å². The van der Waals surface area contributed by atoms with E-state index in [0.717, 1.165) is 67.2 Å². The van der Waals surface area contributed by atoms with Crippen LogP contribution >= 0.6 is 23.8 Å². The fourth-order valence-corrected chi connectivity index (χ4v) is 8.47. The van der Waals surface area contributed by atoms with Gasteiger partial charge in [-0.05, 0) is 111 Å². The van der Waals surface area contributed by atoms with Crippen molar-refractivity contribution in [3.8, 4) is 5.69 Å². The van der Waals surface area contributed by atoms with E-state index in [2.05, 4.69) is 107 Å². The summed E-state index contributed by atoms with van der Waals surface area (Å²) in [6.07, 6.45) is 3.11. The van der Waals surface area contributed by atoms with Crippen LogP contribution in [-0.4, -0.2) is 54.1 Å². The lowest BCUT2D eigenvalue weighted by Crippen LogP contribution is -2.38. The van der Waals surface area contributed by atoms with Gasteiger partial charge in [0.1, 0.15) is 0 Å². The molecule has 9 heteroatoms. The van der Waals surface area contributed by atoms with E-state index in [4.69, 9.17) is 33.5 Å². The lowest BCUT2D eigenvalue weighted by molar-refractivity contribution is 0.122. The van der Waals surface area contributed by atoms with E-state index in [0.29, 0.717) is 16.9 Å². The number of benzene rings is 2. The number of morpholine rings is 1. The molecule has 240 valence electrons. The topological polar surface area (TPSA) is 48.8 Å². The third kappa shape index (κ3) is 5.87. The molecule has 0 amide bonds. The van der Waals surface area contributed by atoms with Crippen molar-refractivity contribution in [1.82, 2.24) is 14.9 Å². The fourth-order valence-electron chi connectivity index (χ4n) is 7.83. The number of halogens is 1. The number of ether oxygens (including phenoxy) is 1. The van der Waals surface area contributed by atoms with E-state index in [1.807, 2.05) is 18.3 Å². The normalized spacial score (nSPS) is 23.6. The average Bonchev–Trinajstić information content (AvgIpc) is 3.55. The Balaban J connectivity index is 1.26. The highest BCUT2D eigenvalue weighted by Gasteiger charge is 2.42. The number of hydrogen-bond acceptors (Lipinski definition) is 5. The quantitative estimate of drug-likeness (QED) is 0.215. The third-order valence-corrected chi connectivity index (χ3v) is 10.4. The first-order chi connectivity index (χ1) is 22.3. The van der Waals surface area contributed by atoms with E-state index >= 15 is 0 Å². The zero-order valence-corrected chi connectivity index (χ0v) is 28.7. The molecule has 0 bridgehead atoms. The van der Waals surface area contributed by atoms with Gasteiger partial charge in [0.05, 0.1) is 41.7 Å². The summed E-state index contributed by atoms with van der Waals surface area (Å²) in [4.78, 5) is 11.8. The van der Waals surface area contributed by atoms with Crippen LogP contribution in [0.2, 0.25) is 5.02 Å². The van der Waals surface area contributed by atoms with Gasteiger partial charge in [0.15, 0.2) is 5.11 Å². The molecule has 4 aromatic rings. The van der Waals surface area contributed by atoms with Crippen molar-refractivity contribution < 1.29 is 4.74 Å². The van der Waals surface area contributed by atoms with Gasteiger partial charge in [-0.15, -0.1) is 0 Å². The van der Waals surface area contributed by atoms with E-state index in [9.17, 15) is 0 Å². The number of thiocarbonyl (C=S) groups is 1. The number of piperidine rings is 1. The number of aromatic nitrogens is 2. The molecule has 4 atom stereocenters. The molecule has 7 rings (SSSR count). The van der Waals surface area contributed by atoms with Crippen LogP contribution in [0.15, 0.2) is 72.9 Å². The van der Waals surface area contributed by atoms with Gasteiger partial charge in [-0.25, -0.2) is 0 Å². The maximum atomic E-state index is 7.08. The molecule has 3 aliphatic rings. The summed E-state index contributed by atoms with van der Waals surface area (Å²) in [5.74, 6) is 1.29. The van der Waals surface area contributed by atoms with Crippen molar-refractivity contribution in [3.05, 3.63) is 101 Å². The van der Waals surface area contributed by atoms with Crippen LogP contribution in [0.25, 0.3) is 5.69 Å². The standard InChI is InChI=1S/C37H43ClN6OS/c1-24-19-25(2)23-42(22-24)34-13-12-30(21-32(34)38)44-36(35(40-37(44)46)33-7-5-6-14-39-33)31-20-26(3)43(27(31)4)29-10-8-28(9-11-29)41-15-17-45-18-16-41/h5-14,20-21,24-25,35-36H,15-19,22-23H2,1-4H3,(H,40,46)/t24-,25+,35-,36-/m0/s1. The van der Waals surface area contributed by atoms with Crippen LogP contribution in [0.5, 0.6) is 0 Å². The highest BCUT2D eigenvalue weighted by molar-refractivity contribution is 7.80. The highest BCUT2D eigenvalue weighted by Crippen LogP contribution is 2.45. The summed E-state index contributed by atoms with van der Waals surface area (Å²) in [7, 11) is 0. The smallest absolute Gasteiger partial charge is 0.174 e. The molecule has 2 aromatic carbocycles. The molecule has 2 aromatic heterocycles. The van der Waals surface area contributed by atoms with Crippen LogP contribution in [0.4, 0.5) is 17.1 Å². The Hall–Kier alpha value is -3.59. The monoisotopic (exact) mass is 654 g/mol. The summed E-state index contributed by atoms with van der Waals surface area (Å²) in [5, 5.41) is 5.06. The molecule has 0 radical (unpaired) electrons. The second-order valence-corrected chi connectivity index (χ2v) is 14.1. The van der Waals surface area contributed by atoms with Crippen molar-refractivity contribution in [2.45, 2.75) is 46.2 Å². The summed E-state index contributed by atoms with van der Waals surface area (Å²) in [5.41, 5.74) is 8.96. The molecule has 1 N–H and O–H groups in total. The molecule has 3 fully saturated rings. The van der Waals surface area contributed by atoms with Crippen LogP contribution < -0.4 is 20.0 Å². The van der Waals surface area contributed by atoms with Gasteiger partial charge in [0.2, 0.25) is 0 Å². The lowest BCUT2D eigenvalue weighted by atomic mass is 9.91. The Morgan fingerprint density at radius 3 is 2.24 bits per heavy atom. The summed E-state index contributed by atoms with van der Waals surface area (Å²) < 4.78 is 7.91. The van der Waals surface area contributed by atoms with E-state index < -0.39 is 0 Å². The predicted molar refractivity (Wildman–Crippen MR) is 193 cm³/mol. The van der Waals surface area contributed by atoms with Gasteiger partial charge in [-0.1, -0.05) is 31.5 Å². The van der Waals surface area contributed by atoms with Gasteiger partial charge < -0.3 is 29.3 Å². The van der Waals surface area contributed by atoms with Gasteiger partial charge >= 0.3 is 0 Å². The maximum Gasteiger partial charge on any atom is 0.174 e. The zero-order chi connectivity index (χ0) is 31.9. The van der Waals surface area contributed by atoms with E-state index in [-0.39, 0.29) is 12.1 Å². The molecular weight excluding hydrogens is 612 g/mol. The van der Waals surface area contributed by atoms with E-state index in [1.165, 1.54) is 29.1 Å². The minimum Gasteiger partial charge on any atom is -0.378 e. The number of pyridine rings is 1. The minimum absolute atomic E-state index is 0.119. The molecule has 5 heterocycles. The Bertz CT molecular complexity index is 1690. The highest BCUT2D eigenvalue weighted by atomic mass is 35.5. The number of aryl methyl sites for hydroxylation is 1. The number of rotatable bonds is 6. The summed E-state index contributed by atoms with van der Waals surface area (Å²) in [6, 6.07) is 23.5. The van der Waals surface area contributed by atoms with Crippen LogP contribution in [0.3, 0.4) is 0 Å². The van der Waals surface area contributed by atoms with Crippen LogP contribution in [-0.2, 0) is 4.74 Å². The molecule has 0 saturated carbocycles. The molecule has 0 spiro atoms. The second-order valence-electron chi connectivity index (χ2n) is 13.3. The third-order valence-electron chi connectivity index (χ3n) is 9.79. The Labute approximate surface area is 283 Å². The molecular formula is C37H43ClN6OS. The number of anilines is 3. The SMILES string of the molecule is Cc1cc([C@H]2[C@H](c3ccccn3)NC(=S)N2c2ccc(N3C[C@H](C)C[C@H](C)C3)c(Cl)c2)c(C)n1-c1ccc(N2CCOCC2)cc1. The zero-order valence-electron chi connectivity index (χ0n) is 27.1. The molecule has 3 aliphatic heterocycles. The van der Waals surface area contributed by atoms with Gasteiger partial charge in [-0.2, -0.15) is 0 Å². The van der Waals surface area contributed by atoms with Crippen molar-refractivity contribution >= 4 is 46.0 Å². The maximum absolute atomic E-state index is 7.08. The number of nitrogens with zero attached hydrogens (tertiary/aromatic N) is 5. The predicted octanol–water partition coefficient (Wildman–Crippen LogP) is 7.64. The van der Waals surface area contributed by atoms with Crippen molar-refractivity contribution in [2.24, 2.45) is 11.8 Å². The van der Waals surface area contributed by atoms with Crippen molar-refractivity contribution in [3.63, 3.8) is 0 Å². The molecule has 3 saturated heterocycles. The molecule has 46 heavy (non-hydrogen) atoms. The first kappa shape index (κ1) is 31.0. The fraction of sp³-hybridized carbons (Fsp3) is 0.405. The number of hydrogen-bond donors (Lipinski definition) is 1. The van der Waals surface area contributed by atoms with Gasteiger partial charge in [-0.3, -0.25) is 4.98 Å². The van der Waals surface area contributed by atoms with Crippen LogP contribution in [0, 0.1) is 25.7 Å². The Morgan fingerprint density at radius 2 is 1.57 bits per heavy atom. The first-order valence-corrected chi connectivity index (χ1v) is 17.2. The number of nitrogens with one attached hydrogen (secondary N) is 1. The largest absolute Gasteiger partial charge is 0.378 e. The summed E-state index contributed by atoms with van der Waals surface area (Å²) >= 11 is 13.2. The molecule has 0 unspecified atom stereocenters. The molecule has 0 aliphatic carbocycles. The first-order valence-electron chi connectivity index (χ1n) is 16.5. The Morgan fingerprint density at radius 1 is 0.870 bits per heavy atom. The second kappa shape index (κ2) is 12.9.